The molecule has 1 aromatic heterocycles. The Bertz CT molecular complexity index is 672. The van der Waals surface area contributed by atoms with Gasteiger partial charge < -0.3 is 10.6 Å². The molecule has 3 atom stereocenters. The van der Waals surface area contributed by atoms with Gasteiger partial charge in [0.1, 0.15) is 5.82 Å². The fourth-order valence-electron chi connectivity index (χ4n) is 4.05. The zero-order valence-corrected chi connectivity index (χ0v) is 13.6. The monoisotopic (exact) mass is 345 g/mol. The molecular formula is C17H20BrN3. The topological polar surface area (TPSA) is 42.1 Å². The molecule has 0 radical (unpaired) electrons. The van der Waals surface area contributed by atoms with Gasteiger partial charge >= 0.3 is 0 Å². The van der Waals surface area contributed by atoms with Gasteiger partial charge in [-0.15, -0.1) is 0 Å². The molecule has 2 aliphatic rings. The lowest BCUT2D eigenvalue weighted by molar-refractivity contribution is 0.271. The summed E-state index contributed by atoms with van der Waals surface area (Å²) < 4.78 is 1.14. The molecular weight excluding hydrogens is 326 g/mol. The number of rotatable bonds is 1. The van der Waals surface area contributed by atoms with E-state index in [0.717, 1.165) is 35.2 Å². The highest BCUT2D eigenvalue weighted by Crippen LogP contribution is 2.39. The van der Waals surface area contributed by atoms with Gasteiger partial charge in [-0.05, 0) is 43.2 Å². The molecule has 2 N–H and O–H groups in total. The first-order valence-corrected chi connectivity index (χ1v) is 8.55. The standard InChI is InChI=1S/C17H20BrN3/c18-16-3-1-2-15-14(16)6-7-20-17(15)21-9-11-4-5-13(19)8-12(11)10-21/h1-3,6-7,11-13H,4-5,8-10,19H2/t11-,12+,13?/m1/s1. The van der Waals surface area contributed by atoms with Gasteiger partial charge in [0.15, 0.2) is 0 Å². The van der Waals surface area contributed by atoms with Crippen molar-refractivity contribution in [2.75, 3.05) is 18.0 Å². The lowest BCUT2D eigenvalue weighted by atomic mass is 9.79. The Morgan fingerprint density at radius 3 is 2.86 bits per heavy atom. The van der Waals surface area contributed by atoms with Crippen molar-refractivity contribution in [1.82, 2.24) is 4.98 Å². The maximum absolute atomic E-state index is 6.14. The van der Waals surface area contributed by atoms with Crippen molar-refractivity contribution < 1.29 is 0 Å². The zero-order valence-electron chi connectivity index (χ0n) is 12.0. The minimum absolute atomic E-state index is 0.404. The fraction of sp³-hybridized carbons (Fsp3) is 0.471. The van der Waals surface area contributed by atoms with E-state index < -0.39 is 0 Å². The van der Waals surface area contributed by atoms with E-state index in [1.54, 1.807) is 0 Å². The third-order valence-electron chi connectivity index (χ3n) is 5.12. The highest BCUT2D eigenvalue weighted by atomic mass is 79.9. The summed E-state index contributed by atoms with van der Waals surface area (Å²) in [4.78, 5) is 7.16. The van der Waals surface area contributed by atoms with Crippen LogP contribution in [0.1, 0.15) is 19.3 Å². The summed E-state index contributed by atoms with van der Waals surface area (Å²) in [5.41, 5.74) is 6.14. The van der Waals surface area contributed by atoms with Crippen LogP contribution in [0.2, 0.25) is 0 Å². The zero-order chi connectivity index (χ0) is 14.4. The molecule has 1 aromatic carbocycles. The van der Waals surface area contributed by atoms with Crippen molar-refractivity contribution in [1.29, 1.82) is 0 Å². The second-order valence-electron chi connectivity index (χ2n) is 6.47. The van der Waals surface area contributed by atoms with E-state index in [2.05, 4.69) is 50.1 Å². The first-order valence-electron chi connectivity index (χ1n) is 7.76. The van der Waals surface area contributed by atoms with E-state index in [1.165, 1.54) is 30.0 Å². The van der Waals surface area contributed by atoms with Crippen LogP contribution in [0.25, 0.3) is 10.8 Å². The van der Waals surface area contributed by atoms with Crippen LogP contribution in [-0.4, -0.2) is 24.1 Å². The third-order valence-corrected chi connectivity index (χ3v) is 5.81. The van der Waals surface area contributed by atoms with E-state index in [-0.39, 0.29) is 0 Å². The maximum atomic E-state index is 6.14. The molecule has 110 valence electrons. The van der Waals surface area contributed by atoms with Gasteiger partial charge in [-0.2, -0.15) is 0 Å². The molecule has 1 unspecified atom stereocenters. The molecule has 1 aliphatic heterocycles. The molecule has 0 spiro atoms. The number of hydrogen-bond acceptors (Lipinski definition) is 3. The van der Waals surface area contributed by atoms with Gasteiger partial charge in [0.05, 0.1) is 0 Å². The Morgan fingerprint density at radius 2 is 1.95 bits per heavy atom. The predicted octanol–water partition coefficient (Wildman–Crippen LogP) is 3.56. The Hall–Kier alpha value is -1.13. The first-order chi connectivity index (χ1) is 10.2. The normalized spacial score (nSPS) is 28.9. The molecule has 1 saturated carbocycles. The van der Waals surface area contributed by atoms with E-state index in [1.807, 2.05) is 6.20 Å². The van der Waals surface area contributed by atoms with Crippen molar-refractivity contribution in [2.24, 2.45) is 17.6 Å². The number of nitrogens with zero attached hydrogens (tertiary/aromatic N) is 2. The summed E-state index contributed by atoms with van der Waals surface area (Å²) in [5, 5.41) is 2.49. The van der Waals surface area contributed by atoms with Crippen molar-refractivity contribution in [2.45, 2.75) is 25.3 Å². The largest absolute Gasteiger partial charge is 0.356 e. The summed E-state index contributed by atoms with van der Waals surface area (Å²) in [6.45, 7) is 2.24. The molecule has 2 aromatic rings. The van der Waals surface area contributed by atoms with Gasteiger partial charge in [0.25, 0.3) is 0 Å². The van der Waals surface area contributed by atoms with Crippen molar-refractivity contribution in [3.63, 3.8) is 0 Å². The Balaban J connectivity index is 1.70. The molecule has 3 nitrogen and oxygen atoms in total. The third kappa shape index (κ3) is 2.34. The molecule has 0 amide bonds. The summed E-state index contributed by atoms with van der Waals surface area (Å²) in [7, 11) is 0. The van der Waals surface area contributed by atoms with Gasteiger partial charge in [-0.25, -0.2) is 4.98 Å². The van der Waals surface area contributed by atoms with Gasteiger partial charge in [-0.1, -0.05) is 28.1 Å². The number of aromatic nitrogens is 1. The number of halogens is 1. The van der Waals surface area contributed by atoms with Gasteiger partial charge in [0, 0.05) is 40.6 Å². The lowest BCUT2D eigenvalue weighted by Crippen LogP contribution is -2.32. The van der Waals surface area contributed by atoms with Gasteiger partial charge in [-0.3, -0.25) is 0 Å². The first kappa shape index (κ1) is 13.5. The average molecular weight is 346 g/mol. The average Bonchev–Trinajstić information content (AvgIpc) is 2.90. The van der Waals surface area contributed by atoms with E-state index in [0.29, 0.717) is 6.04 Å². The summed E-state index contributed by atoms with van der Waals surface area (Å²) >= 11 is 3.65. The molecule has 1 aliphatic carbocycles. The second-order valence-corrected chi connectivity index (χ2v) is 7.32. The van der Waals surface area contributed by atoms with Crippen LogP contribution in [0.15, 0.2) is 34.9 Å². The molecule has 2 heterocycles. The fourth-order valence-corrected chi connectivity index (χ4v) is 4.54. The number of hydrogen-bond donors (Lipinski definition) is 1. The Labute approximate surface area is 133 Å². The van der Waals surface area contributed by atoms with E-state index >= 15 is 0 Å². The molecule has 4 rings (SSSR count). The van der Waals surface area contributed by atoms with Crippen molar-refractivity contribution in [3.05, 3.63) is 34.9 Å². The van der Waals surface area contributed by atoms with E-state index in [4.69, 9.17) is 5.73 Å². The quantitative estimate of drug-likeness (QED) is 0.859. The SMILES string of the molecule is NC1CC[C@@H]2CN(c3nccc4c(Br)cccc34)C[C@@H]2C1. The minimum atomic E-state index is 0.404. The maximum Gasteiger partial charge on any atom is 0.136 e. The highest BCUT2D eigenvalue weighted by Gasteiger charge is 2.37. The second kappa shape index (κ2) is 5.25. The molecule has 0 bridgehead atoms. The van der Waals surface area contributed by atoms with Crippen molar-refractivity contribution in [3.8, 4) is 0 Å². The molecule has 1 saturated heterocycles. The van der Waals surface area contributed by atoms with Gasteiger partial charge in [0.2, 0.25) is 0 Å². The molecule has 21 heavy (non-hydrogen) atoms. The number of fused-ring (bicyclic) bond motifs is 2. The van der Waals surface area contributed by atoms with Crippen LogP contribution in [0.3, 0.4) is 0 Å². The van der Waals surface area contributed by atoms with Crippen molar-refractivity contribution >= 4 is 32.5 Å². The smallest absolute Gasteiger partial charge is 0.136 e. The number of benzene rings is 1. The summed E-state index contributed by atoms with van der Waals surface area (Å²) in [5.74, 6) is 2.68. The highest BCUT2D eigenvalue weighted by molar-refractivity contribution is 9.10. The van der Waals surface area contributed by atoms with Crippen LogP contribution in [0, 0.1) is 11.8 Å². The summed E-state index contributed by atoms with van der Waals surface area (Å²) in [6, 6.07) is 8.85. The van der Waals surface area contributed by atoms with Crippen LogP contribution >= 0.6 is 15.9 Å². The van der Waals surface area contributed by atoms with E-state index in [9.17, 15) is 0 Å². The molecule has 4 heteroatoms. The lowest BCUT2D eigenvalue weighted by Gasteiger charge is -2.27. The number of anilines is 1. The number of nitrogens with two attached hydrogens (primary N) is 1. The van der Waals surface area contributed by atoms with Crippen LogP contribution < -0.4 is 10.6 Å². The van der Waals surface area contributed by atoms with Crippen LogP contribution in [0.5, 0.6) is 0 Å². The molecule has 2 fully saturated rings. The Kier molecular flexibility index (Phi) is 3.38. The van der Waals surface area contributed by atoms with Crippen LogP contribution in [0.4, 0.5) is 5.82 Å². The predicted molar refractivity (Wildman–Crippen MR) is 90.5 cm³/mol. The summed E-state index contributed by atoms with van der Waals surface area (Å²) in [6.07, 6.45) is 5.56. The van der Waals surface area contributed by atoms with Crippen LogP contribution in [-0.2, 0) is 0 Å². The Morgan fingerprint density at radius 1 is 1.10 bits per heavy atom. The minimum Gasteiger partial charge on any atom is -0.356 e. The number of pyridine rings is 1.